The predicted molar refractivity (Wildman–Crippen MR) is 131 cm³/mol. The molecule has 1 atom stereocenters. The zero-order chi connectivity index (χ0) is 22.7. The van der Waals surface area contributed by atoms with Crippen LogP contribution in [0.4, 0.5) is 0 Å². The Bertz CT molecular complexity index is 989. The highest BCUT2D eigenvalue weighted by molar-refractivity contribution is 9.10. The summed E-state index contributed by atoms with van der Waals surface area (Å²) >= 11 is 15.9. The minimum Gasteiger partial charge on any atom is -0.351 e. The summed E-state index contributed by atoms with van der Waals surface area (Å²) in [7, 11) is 0. The number of carbonyl (C=O) groups excluding carboxylic acids is 2. The minimum absolute atomic E-state index is 0.119. The maximum atomic E-state index is 13.4. The molecular formula is C24H26BrCl2N3O2. The minimum atomic E-state index is -0.700. The Hall–Kier alpha value is -1.60. The van der Waals surface area contributed by atoms with Crippen molar-refractivity contribution in [1.82, 2.24) is 16.0 Å². The van der Waals surface area contributed by atoms with Crippen molar-refractivity contribution in [3.63, 3.8) is 0 Å². The number of piperidine rings is 1. The molecule has 0 spiro atoms. The Morgan fingerprint density at radius 1 is 1.09 bits per heavy atom. The predicted octanol–water partition coefficient (Wildman–Crippen LogP) is 4.38. The van der Waals surface area contributed by atoms with Crippen molar-refractivity contribution in [3.8, 4) is 0 Å². The lowest BCUT2D eigenvalue weighted by molar-refractivity contribution is -0.130. The summed E-state index contributed by atoms with van der Waals surface area (Å²) < 4.78 is 0.968. The molecule has 8 heteroatoms. The maximum Gasteiger partial charge on any atom is 0.243 e. The van der Waals surface area contributed by atoms with E-state index >= 15 is 0 Å². The molecule has 5 nitrogen and oxygen atoms in total. The van der Waals surface area contributed by atoms with Gasteiger partial charge in [-0.1, -0.05) is 57.3 Å². The van der Waals surface area contributed by atoms with Gasteiger partial charge in [0.2, 0.25) is 11.8 Å². The lowest BCUT2D eigenvalue weighted by Gasteiger charge is -2.28. The Morgan fingerprint density at radius 3 is 2.41 bits per heavy atom. The SMILES string of the molecule is O=C(NC1CCNCC1)C(Cc1ccc(Br)cc1)NC(=O)C1(c2ccc(Cl)cc2Cl)CC1. The molecule has 1 saturated carbocycles. The number of benzene rings is 2. The van der Waals surface area contributed by atoms with Crippen LogP contribution in [0.15, 0.2) is 46.9 Å². The summed E-state index contributed by atoms with van der Waals surface area (Å²) in [4.78, 5) is 26.6. The van der Waals surface area contributed by atoms with Crippen LogP contribution < -0.4 is 16.0 Å². The molecule has 0 aromatic heterocycles. The lowest BCUT2D eigenvalue weighted by atomic mass is 9.93. The zero-order valence-electron chi connectivity index (χ0n) is 17.6. The van der Waals surface area contributed by atoms with E-state index in [9.17, 15) is 9.59 Å². The highest BCUT2D eigenvalue weighted by Crippen LogP contribution is 2.51. The highest BCUT2D eigenvalue weighted by atomic mass is 79.9. The summed E-state index contributed by atoms with van der Waals surface area (Å²) in [5.74, 6) is -0.310. The molecule has 2 aliphatic rings. The van der Waals surface area contributed by atoms with Crippen molar-refractivity contribution in [1.29, 1.82) is 0 Å². The lowest BCUT2D eigenvalue weighted by Crippen LogP contribution is -2.54. The topological polar surface area (TPSA) is 70.2 Å². The molecule has 2 aromatic rings. The van der Waals surface area contributed by atoms with Gasteiger partial charge in [0.15, 0.2) is 0 Å². The normalized spacial score (nSPS) is 18.6. The van der Waals surface area contributed by atoms with E-state index in [4.69, 9.17) is 23.2 Å². The standard InChI is InChI=1S/C24H26BrCl2N3O2/c25-16-3-1-15(2-4-16)13-21(22(31)29-18-7-11-28-12-8-18)30-23(32)24(9-10-24)19-6-5-17(26)14-20(19)27/h1-6,14,18,21,28H,7-13H2,(H,29,31)(H,30,32). The first-order valence-electron chi connectivity index (χ1n) is 10.9. The second-order valence-electron chi connectivity index (χ2n) is 8.60. The van der Waals surface area contributed by atoms with Crippen LogP contribution in [-0.4, -0.2) is 37.0 Å². The number of carbonyl (C=O) groups is 2. The van der Waals surface area contributed by atoms with Gasteiger partial charge in [-0.2, -0.15) is 0 Å². The molecule has 2 aromatic carbocycles. The largest absolute Gasteiger partial charge is 0.351 e. The number of hydrogen-bond donors (Lipinski definition) is 3. The van der Waals surface area contributed by atoms with Gasteiger partial charge in [-0.15, -0.1) is 0 Å². The Balaban J connectivity index is 1.52. The van der Waals surface area contributed by atoms with Crippen molar-refractivity contribution < 1.29 is 9.59 Å². The fourth-order valence-corrected chi connectivity index (χ4v) is 5.10. The van der Waals surface area contributed by atoms with Crippen LogP contribution in [0, 0.1) is 0 Å². The number of rotatable bonds is 7. The highest BCUT2D eigenvalue weighted by Gasteiger charge is 2.53. The van der Waals surface area contributed by atoms with E-state index in [1.807, 2.05) is 30.3 Å². The van der Waals surface area contributed by atoms with E-state index in [0.717, 1.165) is 41.5 Å². The number of halogens is 3. The van der Waals surface area contributed by atoms with E-state index in [0.29, 0.717) is 29.3 Å². The average Bonchev–Trinajstić information content (AvgIpc) is 3.57. The van der Waals surface area contributed by atoms with Gasteiger partial charge >= 0.3 is 0 Å². The molecular weight excluding hydrogens is 513 g/mol. The average molecular weight is 539 g/mol. The first kappa shape index (κ1) is 23.6. The molecule has 2 fully saturated rings. The first-order chi connectivity index (χ1) is 15.4. The summed E-state index contributed by atoms with van der Waals surface area (Å²) in [5, 5.41) is 10.5. The van der Waals surface area contributed by atoms with Crippen LogP contribution >= 0.6 is 39.1 Å². The van der Waals surface area contributed by atoms with Crippen molar-refractivity contribution in [3.05, 3.63) is 68.1 Å². The van der Waals surface area contributed by atoms with Crippen LogP contribution in [0.1, 0.15) is 36.8 Å². The Kier molecular flexibility index (Phi) is 7.45. The van der Waals surface area contributed by atoms with Gasteiger partial charge in [-0.3, -0.25) is 9.59 Å². The third-order valence-corrected chi connectivity index (χ3v) is 7.37. The Labute approximate surface area is 206 Å². The van der Waals surface area contributed by atoms with Gasteiger partial charge in [0.25, 0.3) is 0 Å². The third kappa shape index (κ3) is 5.48. The van der Waals surface area contributed by atoms with Crippen molar-refractivity contribution in [2.45, 2.75) is 49.6 Å². The number of hydrogen-bond acceptors (Lipinski definition) is 3. The van der Waals surface area contributed by atoms with Crippen LogP contribution in [-0.2, 0) is 21.4 Å². The third-order valence-electron chi connectivity index (χ3n) is 6.29. The molecule has 1 aliphatic carbocycles. The second-order valence-corrected chi connectivity index (χ2v) is 10.4. The van der Waals surface area contributed by atoms with Crippen LogP contribution in [0.5, 0.6) is 0 Å². The molecule has 1 saturated heterocycles. The fraction of sp³-hybridized carbons (Fsp3) is 0.417. The molecule has 32 heavy (non-hydrogen) atoms. The molecule has 1 aliphatic heterocycles. The molecule has 4 rings (SSSR count). The van der Waals surface area contributed by atoms with Gasteiger partial charge in [0.1, 0.15) is 6.04 Å². The summed E-state index contributed by atoms with van der Waals surface area (Å²) in [6.07, 6.45) is 3.58. The molecule has 1 unspecified atom stereocenters. The van der Waals surface area contributed by atoms with Gasteiger partial charge in [-0.05, 0) is 74.2 Å². The number of nitrogens with one attached hydrogen (secondary N) is 3. The van der Waals surface area contributed by atoms with E-state index in [1.165, 1.54) is 0 Å². The van der Waals surface area contributed by atoms with Crippen LogP contribution in [0.2, 0.25) is 10.0 Å². The van der Waals surface area contributed by atoms with Gasteiger partial charge in [-0.25, -0.2) is 0 Å². The zero-order valence-corrected chi connectivity index (χ0v) is 20.7. The van der Waals surface area contributed by atoms with E-state index in [2.05, 4.69) is 31.9 Å². The first-order valence-corrected chi connectivity index (χ1v) is 12.4. The fourth-order valence-electron chi connectivity index (χ4n) is 4.25. The molecule has 3 N–H and O–H groups in total. The van der Waals surface area contributed by atoms with Crippen molar-refractivity contribution >= 4 is 50.9 Å². The summed E-state index contributed by atoms with van der Waals surface area (Å²) in [5.41, 5.74) is 1.05. The number of amides is 2. The molecule has 0 radical (unpaired) electrons. The smallest absolute Gasteiger partial charge is 0.243 e. The Morgan fingerprint density at radius 2 is 1.78 bits per heavy atom. The molecule has 2 amide bonds. The van der Waals surface area contributed by atoms with Crippen molar-refractivity contribution in [2.24, 2.45) is 0 Å². The quantitative estimate of drug-likeness (QED) is 0.490. The van der Waals surface area contributed by atoms with Gasteiger partial charge in [0, 0.05) is 27.0 Å². The molecule has 170 valence electrons. The van der Waals surface area contributed by atoms with E-state index in [1.54, 1.807) is 12.1 Å². The van der Waals surface area contributed by atoms with E-state index < -0.39 is 11.5 Å². The van der Waals surface area contributed by atoms with Crippen LogP contribution in [0.25, 0.3) is 0 Å². The molecule has 1 heterocycles. The monoisotopic (exact) mass is 537 g/mol. The van der Waals surface area contributed by atoms with Gasteiger partial charge in [0.05, 0.1) is 5.41 Å². The van der Waals surface area contributed by atoms with Crippen LogP contribution in [0.3, 0.4) is 0 Å². The van der Waals surface area contributed by atoms with Gasteiger partial charge < -0.3 is 16.0 Å². The maximum absolute atomic E-state index is 13.4. The molecule has 0 bridgehead atoms. The summed E-state index contributed by atoms with van der Waals surface area (Å²) in [6, 6.07) is 12.5. The van der Waals surface area contributed by atoms with Crippen molar-refractivity contribution in [2.75, 3.05) is 13.1 Å². The second kappa shape index (κ2) is 10.1. The summed E-state index contributed by atoms with van der Waals surface area (Å²) in [6.45, 7) is 1.76. The van der Waals surface area contributed by atoms with E-state index in [-0.39, 0.29) is 17.9 Å².